The molecule has 0 radical (unpaired) electrons. The van der Waals surface area contributed by atoms with Gasteiger partial charge in [-0.1, -0.05) is 6.92 Å². The first-order valence-corrected chi connectivity index (χ1v) is 6.54. The zero-order valence-corrected chi connectivity index (χ0v) is 11.0. The van der Waals surface area contributed by atoms with Crippen LogP contribution in [0.5, 0.6) is 5.75 Å². The number of hydrogen-bond acceptors (Lipinski definition) is 4. The molecule has 1 heterocycles. The molecule has 1 aromatic rings. The Balaban J connectivity index is 2.06. The minimum atomic E-state index is -0.625. The summed E-state index contributed by atoms with van der Waals surface area (Å²) in [5.41, 5.74) is 0.766. The highest BCUT2D eigenvalue weighted by Crippen LogP contribution is 2.39. The summed E-state index contributed by atoms with van der Waals surface area (Å²) in [6.45, 7) is 2.72. The van der Waals surface area contributed by atoms with Crippen LogP contribution in [0.1, 0.15) is 37.9 Å². The average Bonchev–Trinajstić information content (AvgIpc) is 3.22. The highest BCUT2D eigenvalue weighted by Gasteiger charge is 2.36. The van der Waals surface area contributed by atoms with Gasteiger partial charge in [0.15, 0.2) is 0 Å². The van der Waals surface area contributed by atoms with Crippen molar-refractivity contribution in [3.8, 4) is 5.75 Å². The maximum absolute atomic E-state index is 10.3. The van der Waals surface area contributed by atoms with E-state index in [1.165, 1.54) is 0 Å². The van der Waals surface area contributed by atoms with Crippen LogP contribution < -0.4 is 4.74 Å². The first-order chi connectivity index (χ1) is 8.76. The van der Waals surface area contributed by atoms with E-state index in [2.05, 4.69) is 11.9 Å². The Morgan fingerprint density at radius 1 is 1.44 bits per heavy atom. The number of methoxy groups -OCH3 is 1. The van der Waals surface area contributed by atoms with Crippen LogP contribution >= 0.6 is 0 Å². The molecule has 0 amide bonds. The number of aliphatic hydroxyl groups excluding tert-OH is 1. The van der Waals surface area contributed by atoms with Gasteiger partial charge >= 0.3 is 0 Å². The van der Waals surface area contributed by atoms with Gasteiger partial charge in [-0.15, -0.1) is 0 Å². The third-order valence-corrected chi connectivity index (χ3v) is 3.22. The number of rotatable bonds is 7. The lowest BCUT2D eigenvalue weighted by Crippen LogP contribution is -2.23. The fraction of sp³-hybridized carbons (Fsp3) is 0.643. The van der Waals surface area contributed by atoms with Crippen LogP contribution in [0, 0.1) is 5.92 Å². The molecule has 0 bridgehead atoms. The Labute approximate surface area is 108 Å². The maximum atomic E-state index is 10.3. The van der Waals surface area contributed by atoms with Gasteiger partial charge in [0, 0.05) is 18.9 Å². The summed E-state index contributed by atoms with van der Waals surface area (Å²) in [6.07, 6.45) is 5.82. The Morgan fingerprint density at radius 2 is 2.22 bits per heavy atom. The van der Waals surface area contributed by atoms with E-state index in [-0.39, 0.29) is 6.10 Å². The molecular weight excluding hydrogens is 230 g/mol. The SMILES string of the molecule is CCCOc1cncc(C(O)C(OC)C2CC2)c1. The summed E-state index contributed by atoms with van der Waals surface area (Å²) < 4.78 is 10.9. The summed E-state index contributed by atoms with van der Waals surface area (Å²) in [5, 5.41) is 10.3. The van der Waals surface area contributed by atoms with Gasteiger partial charge in [-0.05, 0) is 31.2 Å². The lowest BCUT2D eigenvalue weighted by Gasteiger charge is -2.21. The third-order valence-electron chi connectivity index (χ3n) is 3.22. The zero-order valence-electron chi connectivity index (χ0n) is 11.0. The molecule has 4 heteroatoms. The highest BCUT2D eigenvalue weighted by atomic mass is 16.5. The van der Waals surface area contributed by atoms with E-state index in [4.69, 9.17) is 9.47 Å². The number of pyridine rings is 1. The first kappa shape index (κ1) is 13.3. The molecule has 0 aliphatic heterocycles. The van der Waals surface area contributed by atoms with Crippen molar-refractivity contribution in [2.75, 3.05) is 13.7 Å². The second-order valence-corrected chi connectivity index (χ2v) is 4.79. The lowest BCUT2D eigenvalue weighted by molar-refractivity contribution is -0.0261. The molecule has 2 rings (SSSR count). The minimum Gasteiger partial charge on any atom is -0.492 e. The van der Waals surface area contributed by atoms with Crippen molar-refractivity contribution in [1.29, 1.82) is 0 Å². The normalized spacial score (nSPS) is 18.4. The van der Waals surface area contributed by atoms with Crippen molar-refractivity contribution in [3.05, 3.63) is 24.0 Å². The van der Waals surface area contributed by atoms with Crippen LogP contribution in [0.2, 0.25) is 0 Å². The Kier molecular flexibility index (Phi) is 4.55. The topological polar surface area (TPSA) is 51.6 Å². The molecule has 100 valence electrons. The van der Waals surface area contributed by atoms with E-state index in [9.17, 15) is 5.11 Å². The maximum Gasteiger partial charge on any atom is 0.137 e. The standard InChI is InChI=1S/C14H21NO3/c1-3-6-18-12-7-11(8-15-9-12)13(16)14(17-2)10-4-5-10/h7-10,13-14,16H,3-6H2,1-2H3. The predicted octanol–water partition coefficient (Wildman–Crippen LogP) is 2.33. The molecule has 1 N–H and O–H groups in total. The number of ether oxygens (including phenoxy) is 2. The molecule has 1 aliphatic carbocycles. The number of aliphatic hydroxyl groups is 1. The molecule has 2 unspecified atom stereocenters. The molecule has 4 nitrogen and oxygen atoms in total. The van der Waals surface area contributed by atoms with E-state index in [1.54, 1.807) is 19.5 Å². The smallest absolute Gasteiger partial charge is 0.137 e. The molecule has 1 aromatic heterocycles. The predicted molar refractivity (Wildman–Crippen MR) is 68.5 cm³/mol. The van der Waals surface area contributed by atoms with Gasteiger partial charge in [0.2, 0.25) is 0 Å². The Bertz CT molecular complexity index is 379. The summed E-state index contributed by atoms with van der Waals surface area (Å²) in [4.78, 5) is 4.11. The van der Waals surface area contributed by atoms with E-state index in [0.717, 1.165) is 24.8 Å². The van der Waals surface area contributed by atoms with Crippen LogP contribution in [0.25, 0.3) is 0 Å². The van der Waals surface area contributed by atoms with Gasteiger partial charge in [-0.2, -0.15) is 0 Å². The van der Waals surface area contributed by atoms with Crippen LogP contribution in [0.4, 0.5) is 0 Å². The van der Waals surface area contributed by atoms with Gasteiger partial charge in [-0.3, -0.25) is 4.98 Å². The first-order valence-electron chi connectivity index (χ1n) is 6.54. The second-order valence-electron chi connectivity index (χ2n) is 4.79. The van der Waals surface area contributed by atoms with Crippen molar-refractivity contribution in [2.45, 2.75) is 38.4 Å². The fourth-order valence-corrected chi connectivity index (χ4v) is 2.09. The molecule has 0 spiro atoms. The number of aromatic nitrogens is 1. The molecular formula is C14H21NO3. The summed E-state index contributed by atoms with van der Waals surface area (Å²) in [7, 11) is 1.65. The van der Waals surface area contributed by atoms with Crippen molar-refractivity contribution in [1.82, 2.24) is 4.98 Å². The van der Waals surface area contributed by atoms with Crippen molar-refractivity contribution < 1.29 is 14.6 Å². The summed E-state index contributed by atoms with van der Waals surface area (Å²) in [6, 6.07) is 1.85. The average molecular weight is 251 g/mol. The Morgan fingerprint density at radius 3 is 2.83 bits per heavy atom. The van der Waals surface area contributed by atoms with Crippen molar-refractivity contribution in [3.63, 3.8) is 0 Å². The monoisotopic (exact) mass is 251 g/mol. The number of nitrogens with zero attached hydrogens (tertiary/aromatic N) is 1. The van der Waals surface area contributed by atoms with Gasteiger partial charge in [-0.25, -0.2) is 0 Å². The van der Waals surface area contributed by atoms with Gasteiger partial charge in [0.05, 0.1) is 18.9 Å². The molecule has 1 aliphatic rings. The highest BCUT2D eigenvalue weighted by molar-refractivity contribution is 5.26. The largest absolute Gasteiger partial charge is 0.492 e. The number of hydrogen-bond donors (Lipinski definition) is 1. The molecule has 0 saturated heterocycles. The van der Waals surface area contributed by atoms with Crippen LogP contribution in [0.3, 0.4) is 0 Å². The summed E-state index contributed by atoms with van der Waals surface area (Å²) in [5.74, 6) is 1.18. The molecule has 18 heavy (non-hydrogen) atoms. The van der Waals surface area contributed by atoms with Crippen molar-refractivity contribution in [2.24, 2.45) is 5.92 Å². The van der Waals surface area contributed by atoms with E-state index in [0.29, 0.717) is 18.3 Å². The van der Waals surface area contributed by atoms with Crippen LogP contribution in [-0.2, 0) is 4.74 Å². The minimum absolute atomic E-state index is 0.131. The van der Waals surface area contributed by atoms with Crippen LogP contribution in [-0.4, -0.2) is 29.9 Å². The van der Waals surface area contributed by atoms with Crippen molar-refractivity contribution >= 4 is 0 Å². The zero-order chi connectivity index (χ0) is 13.0. The second kappa shape index (κ2) is 6.16. The quantitative estimate of drug-likeness (QED) is 0.808. The Hall–Kier alpha value is -1.13. The summed E-state index contributed by atoms with van der Waals surface area (Å²) >= 11 is 0. The van der Waals surface area contributed by atoms with E-state index >= 15 is 0 Å². The van der Waals surface area contributed by atoms with Gasteiger partial charge < -0.3 is 14.6 Å². The third kappa shape index (κ3) is 3.21. The lowest BCUT2D eigenvalue weighted by atomic mass is 10.0. The van der Waals surface area contributed by atoms with Gasteiger partial charge in [0.1, 0.15) is 11.9 Å². The molecule has 0 aromatic carbocycles. The van der Waals surface area contributed by atoms with Gasteiger partial charge in [0.25, 0.3) is 0 Å². The van der Waals surface area contributed by atoms with E-state index in [1.807, 2.05) is 6.07 Å². The fourth-order valence-electron chi connectivity index (χ4n) is 2.09. The van der Waals surface area contributed by atoms with Crippen LogP contribution in [0.15, 0.2) is 18.5 Å². The molecule has 2 atom stereocenters. The molecule has 1 saturated carbocycles. The van der Waals surface area contributed by atoms with E-state index < -0.39 is 6.10 Å². The molecule has 1 fully saturated rings.